The number of ether oxygens (including phenoxy) is 1. The molecule has 0 aliphatic carbocycles. The van der Waals surface area contributed by atoms with Crippen LogP contribution in [0.3, 0.4) is 0 Å². The van der Waals surface area contributed by atoms with Crippen LogP contribution in [0.2, 0.25) is 0 Å². The summed E-state index contributed by atoms with van der Waals surface area (Å²) in [6, 6.07) is 2.21. The van der Waals surface area contributed by atoms with Crippen LogP contribution >= 0.6 is 0 Å². The first-order valence-corrected chi connectivity index (χ1v) is 6.86. The van der Waals surface area contributed by atoms with Crippen molar-refractivity contribution in [3.8, 4) is 6.07 Å². The molecule has 2 saturated heterocycles. The summed E-state index contributed by atoms with van der Waals surface area (Å²) in [7, 11) is 0. The van der Waals surface area contributed by atoms with E-state index in [1.54, 1.807) is 12.5 Å². The fraction of sp³-hybridized carbons (Fsp3) is 0.500. The lowest BCUT2D eigenvalue weighted by atomic mass is 9.87. The zero-order valence-electron chi connectivity index (χ0n) is 11.1. The van der Waals surface area contributed by atoms with Crippen molar-refractivity contribution in [2.24, 2.45) is 5.41 Å². The molecule has 6 heteroatoms. The van der Waals surface area contributed by atoms with Crippen molar-refractivity contribution in [2.75, 3.05) is 31.2 Å². The van der Waals surface area contributed by atoms with Gasteiger partial charge in [0.15, 0.2) is 0 Å². The normalized spacial score (nSPS) is 25.6. The van der Waals surface area contributed by atoms with Crippen molar-refractivity contribution in [1.29, 1.82) is 5.26 Å². The Hall–Kier alpha value is -2.13. The number of nitrogens with zero attached hydrogens (tertiary/aromatic N) is 4. The number of rotatable bonds is 1. The van der Waals surface area contributed by atoms with Crippen LogP contribution in [-0.4, -0.2) is 41.3 Å². The minimum atomic E-state index is 0.278. The highest BCUT2D eigenvalue weighted by Crippen LogP contribution is 2.41. The summed E-state index contributed by atoms with van der Waals surface area (Å²) < 4.78 is 5.57. The van der Waals surface area contributed by atoms with Crippen LogP contribution in [-0.2, 0) is 4.74 Å². The van der Waals surface area contributed by atoms with Crippen LogP contribution in [0, 0.1) is 16.7 Å². The van der Waals surface area contributed by atoms with E-state index in [1.807, 2.05) is 0 Å². The van der Waals surface area contributed by atoms with E-state index in [0.29, 0.717) is 5.56 Å². The lowest BCUT2D eigenvalue weighted by Crippen LogP contribution is -2.28. The molecule has 1 N–H and O–H groups in total. The number of H-pyrrole nitrogens is 1. The Bertz CT molecular complexity index is 695. The topological polar surface area (TPSA) is 77.8 Å². The van der Waals surface area contributed by atoms with Crippen molar-refractivity contribution in [2.45, 2.75) is 12.8 Å². The van der Waals surface area contributed by atoms with E-state index in [9.17, 15) is 5.26 Å². The third kappa shape index (κ3) is 1.60. The Morgan fingerprint density at radius 2 is 2.35 bits per heavy atom. The maximum absolute atomic E-state index is 9.23. The number of nitrogens with one attached hydrogen (secondary N) is 1. The van der Waals surface area contributed by atoms with Gasteiger partial charge in [-0.25, -0.2) is 9.97 Å². The largest absolute Gasteiger partial charge is 0.381 e. The Labute approximate surface area is 116 Å². The number of aromatic amines is 1. The zero-order chi connectivity index (χ0) is 13.6. The quantitative estimate of drug-likeness (QED) is 0.847. The number of nitriles is 1. The molecule has 0 aromatic carbocycles. The van der Waals surface area contributed by atoms with Crippen molar-refractivity contribution in [3.05, 3.63) is 18.1 Å². The molecule has 6 nitrogen and oxygen atoms in total. The van der Waals surface area contributed by atoms with Gasteiger partial charge in [-0.1, -0.05) is 0 Å². The molecule has 0 saturated carbocycles. The lowest BCUT2D eigenvalue weighted by Gasteiger charge is -2.23. The standard InChI is InChI=1S/C14H15N5O/c15-5-10-6-16-12-11(10)13(18-9-17-12)19-3-1-14(7-19)2-4-20-8-14/h6,9H,1-4,7-8H2,(H,16,17,18). The minimum Gasteiger partial charge on any atom is -0.381 e. The van der Waals surface area contributed by atoms with Crippen LogP contribution < -0.4 is 4.90 Å². The minimum absolute atomic E-state index is 0.278. The average molecular weight is 269 g/mol. The van der Waals surface area contributed by atoms with Gasteiger partial charge >= 0.3 is 0 Å². The molecule has 2 aromatic rings. The summed E-state index contributed by atoms with van der Waals surface area (Å²) in [5.41, 5.74) is 1.62. The highest BCUT2D eigenvalue weighted by atomic mass is 16.5. The fourth-order valence-corrected chi connectivity index (χ4v) is 3.36. The molecule has 0 bridgehead atoms. The molecule has 102 valence electrons. The van der Waals surface area contributed by atoms with E-state index < -0.39 is 0 Å². The fourth-order valence-electron chi connectivity index (χ4n) is 3.36. The van der Waals surface area contributed by atoms with Gasteiger partial charge in [-0.15, -0.1) is 0 Å². The number of fused-ring (bicyclic) bond motifs is 1. The molecule has 2 aromatic heterocycles. The third-order valence-corrected chi connectivity index (χ3v) is 4.49. The van der Waals surface area contributed by atoms with Gasteiger partial charge in [0.2, 0.25) is 0 Å². The Morgan fingerprint density at radius 1 is 1.40 bits per heavy atom. The summed E-state index contributed by atoms with van der Waals surface area (Å²) in [6.07, 6.45) is 5.51. The zero-order valence-corrected chi connectivity index (χ0v) is 11.1. The summed E-state index contributed by atoms with van der Waals surface area (Å²) in [5.74, 6) is 0.872. The number of anilines is 1. The van der Waals surface area contributed by atoms with Crippen LogP contribution in [0.5, 0.6) is 0 Å². The van der Waals surface area contributed by atoms with Gasteiger partial charge in [-0.2, -0.15) is 5.26 Å². The van der Waals surface area contributed by atoms with Crippen molar-refractivity contribution in [1.82, 2.24) is 15.0 Å². The Balaban J connectivity index is 1.76. The van der Waals surface area contributed by atoms with Crippen molar-refractivity contribution < 1.29 is 4.74 Å². The first-order valence-electron chi connectivity index (χ1n) is 6.86. The Morgan fingerprint density at radius 3 is 3.15 bits per heavy atom. The molecule has 4 rings (SSSR count). The third-order valence-electron chi connectivity index (χ3n) is 4.49. The van der Waals surface area contributed by atoms with Crippen molar-refractivity contribution >= 4 is 16.9 Å². The summed E-state index contributed by atoms with van der Waals surface area (Å²) in [5, 5.41) is 10.1. The average Bonchev–Trinajstić information content (AvgIpc) is 3.20. The van der Waals surface area contributed by atoms with Gasteiger partial charge in [-0.05, 0) is 12.8 Å². The van der Waals surface area contributed by atoms with Crippen LogP contribution in [0.25, 0.3) is 11.0 Å². The van der Waals surface area contributed by atoms with E-state index in [1.165, 1.54) is 0 Å². The molecule has 2 fully saturated rings. The first-order chi connectivity index (χ1) is 9.81. The van der Waals surface area contributed by atoms with Crippen LogP contribution in [0.15, 0.2) is 12.5 Å². The summed E-state index contributed by atoms with van der Waals surface area (Å²) >= 11 is 0. The number of hydrogen-bond donors (Lipinski definition) is 1. The SMILES string of the molecule is N#Cc1c[nH]c2ncnc(N3CCC4(CCOC4)C3)c12. The smallest absolute Gasteiger partial charge is 0.144 e. The molecule has 2 aliphatic heterocycles. The second kappa shape index (κ2) is 4.18. The molecule has 1 atom stereocenters. The molecule has 0 radical (unpaired) electrons. The van der Waals surface area contributed by atoms with Crippen LogP contribution in [0.1, 0.15) is 18.4 Å². The van der Waals surface area contributed by atoms with Gasteiger partial charge in [0.25, 0.3) is 0 Å². The summed E-state index contributed by atoms with van der Waals surface area (Å²) in [4.78, 5) is 13.9. The van der Waals surface area contributed by atoms with Gasteiger partial charge in [0, 0.05) is 31.3 Å². The van der Waals surface area contributed by atoms with Gasteiger partial charge in [0.1, 0.15) is 23.9 Å². The molecule has 0 amide bonds. The Kier molecular flexibility index (Phi) is 2.44. The highest BCUT2D eigenvalue weighted by molar-refractivity contribution is 5.92. The molecule has 1 unspecified atom stereocenters. The molecule has 4 heterocycles. The van der Waals surface area contributed by atoms with E-state index in [2.05, 4.69) is 25.9 Å². The number of hydrogen-bond acceptors (Lipinski definition) is 5. The second-order valence-electron chi connectivity index (χ2n) is 5.71. The van der Waals surface area contributed by atoms with Gasteiger partial charge < -0.3 is 14.6 Å². The van der Waals surface area contributed by atoms with Crippen LogP contribution in [0.4, 0.5) is 5.82 Å². The number of aromatic nitrogens is 3. The molecule has 2 aliphatic rings. The molecular formula is C14H15N5O. The van der Waals surface area contributed by atoms with E-state index in [4.69, 9.17) is 4.74 Å². The van der Waals surface area contributed by atoms with E-state index in [0.717, 1.165) is 56.0 Å². The van der Waals surface area contributed by atoms with Gasteiger partial charge in [-0.3, -0.25) is 0 Å². The maximum Gasteiger partial charge on any atom is 0.144 e. The molecule has 20 heavy (non-hydrogen) atoms. The van der Waals surface area contributed by atoms with Gasteiger partial charge in [0.05, 0.1) is 17.6 Å². The second-order valence-corrected chi connectivity index (χ2v) is 5.71. The predicted octanol–water partition coefficient (Wildman–Crippen LogP) is 1.45. The highest BCUT2D eigenvalue weighted by Gasteiger charge is 2.42. The first kappa shape index (κ1) is 11.7. The van der Waals surface area contributed by atoms with Crippen molar-refractivity contribution in [3.63, 3.8) is 0 Å². The predicted molar refractivity (Wildman–Crippen MR) is 73.3 cm³/mol. The lowest BCUT2D eigenvalue weighted by molar-refractivity contribution is 0.160. The molecular weight excluding hydrogens is 254 g/mol. The monoisotopic (exact) mass is 269 g/mol. The van der Waals surface area contributed by atoms with E-state index >= 15 is 0 Å². The van der Waals surface area contributed by atoms with E-state index in [-0.39, 0.29) is 5.41 Å². The maximum atomic E-state index is 9.23. The summed E-state index contributed by atoms with van der Waals surface area (Å²) in [6.45, 7) is 3.62. The molecule has 1 spiro atoms.